The van der Waals surface area contributed by atoms with Crippen LogP contribution in [0, 0.1) is 0 Å². The maximum absolute atomic E-state index is 6.00. The molecular formula is C11H15Cl2NO. The smallest absolute Gasteiger partial charge is 0.139 e. The van der Waals surface area contributed by atoms with Gasteiger partial charge in [0.05, 0.1) is 11.1 Å². The maximum atomic E-state index is 6.00. The Bertz CT molecular complexity index is 317. The molecule has 0 amide bonds. The molecule has 4 heteroatoms. The molecule has 1 N–H and O–H groups in total. The van der Waals surface area contributed by atoms with E-state index < -0.39 is 0 Å². The fourth-order valence-electron chi connectivity index (χ4n) is 1.20. The first-order valence-electron chi connectivity index (χ1n) is 4.90. The summed E-state index contributed by atoms with van der Waals surface area (Å²) in [5, 5.41) is 4.08. The number of halogens is 2. The predicted octanol–water partition coefficient (Wildman–Crippen LogP) is 3.37. The highest BCUT2D eigenvalue weighted by atomic mass is 35.5. The Labute approximate surface area is 101 Å². The second-order valence-corrected chi connectivity index (χ2v) is 4.16. The van der Waals surface area contributed by atoms with Crippen molar-refractivity contribution >= 4 is 23.2 Å². The second kappa shape index (κ2) is 6.21. The first-order chi connectivity index (χ1) is 7.15. The predicted molar refractivity (Wildman–Crippen MR) is 65.1 cm³/mol. The van der Waals surface area contributed by atoms with E-state index in [1.807, 2.05) is 26.1 Å². The van der Waals surface area contributed by atoms with Crippen LogP contribution in [0.25, 0.3) is 0 Å². The molecule has 0 aliphatic rings. The molecule has 0 saturated heterocycles. The number of benzene rings is 1. The van der Waals surface area contributed by atoms with Crippen LogP contribution in [0.4, 0.5) is 0 Å². The van der Waals surface area contributed by atoms with Crippen molar-refractivity contribution in [2.75, 3.05) is 13.6 Å². The third-order valence-corrected chi connectivity index (χ3v) is 2.85. The van der Waals surface area contributed by atoms with Crippen LogP contribution in [0.15, 0.2) is 18.2 Å². The van der Waals surface area contributed by atoms with Crippen molar-refractivity contribution in [1.29, 1.82) is 0 Å². The van der Waals surface area contributed by atoms with Gasteiger partial charge in [0.15, 0.2) is 0 Å². The van der Waals surface area contributed by atoms with Crippen LogP contribution >= 0.6 is 23.2 Å². The number of hydrogen-bond acceptors (Lipinski definition) is 2. The molecule has 1 atom stereocenters. The van der Waals surface area contributed by atoms with E-state index in [1.165, 1.54) is 0 Å². The average Bonchev–Trinajstić information content (AvgIpc) is 2.22. The molecule has 0 heterocycles. The van der Waals surface area contributed by atoms with Crippen molar-refractivity contribution in [3.63, 3.8) is 0 Å². The zero-order valence-electron chi connectivity index (χ0n) is 8.89. The highest BCUT2D eigenvalue weighted by Crippen LogP contribution is 2.32. The normalized spacial score (nSPS) is 12.5. The van der Waals surface area contributed by atoms with Gasteiger partial charge in [-0.2, -0.15) is 0 Å². The van der Waals surface area contributed by atoms with Gasteiger partial charge < -0.3 is 10.1 Å². The summed E-state index contributed by atoms with van der Waals surface area (Å²) >= 11 is 11.9. The van der Waals surface area contributed by atoms with Crippen molar-refractivity contribution < 1.29 is 4.74 Å². The zero-order valence-corrected chi connectivity index (χ0v) is 10.4. The van der Waals surface area contributed by atoms with Gasteiger partial charge in [-0.05, 0) is 39.1 Å². The average molecular weight is 248 g/mol. The lowest BCUT2D eigenvalue weighted by atomic mass is 10.2. The summed E-state index contributed by atoms with van der Waals surface area (Å²) in [6.45, 7) is 2.92. The van der Waals surface area contributed by atoms with Gasteiger partial charge in [-0.15, -0.1) is 0 Å². The minimum absolute atomic E-state index is 0.119. The topological polar surface area (TPSA) is 21.3 Å². The third kappa shape index (κ3) is 3.90. The van der Waals surface area contributed by atoms with Crippen LogP contribution in [0.2, 0.25) is 10.0 Å². The van der Waals surface area contributed by atoms with Gasteiger partial charge >= 0.3 is 0 Å². The van der Waals surface area contributed by atoms with E-state index >= 15 is 0 Å². The molecule has 1 aromatic carbocycles. The van der Waals surface area contributed by atoms with E-state index in [0.717, 1.165) is 13.0 Å². The molecule has 84 valence electrons. The number of nitrogens with one attached hydrogen (secondary N) is 1. The Morgan fingerprint density at radius 3 is 2.80 bits per heavy atom. The van der Waals surface area contributed by atoms with Gasteiger partial charge in [-0.3, -0.25) is 0 Å². The SMILES string of the molecule is CNCCC(C)Oc1cccc(Cl)c1Cl. The number of hydrogen-bond donors (Lipinski definition) is 1. The van der Waals surface area contributed by atoms with Crippen LogP contribution in [-0.4, -0.2) is 19.7 Å². The number of ether oxygens (including phenoxy) is 1. The molecule has 0 radical (unpaired) electrons. The molecule has 1 unspecified atom stereocenters. The van der Waals surface area contributed by atoms with Gasteiger partial charge in [0.1, 0.15) is 10.8 Å². The highest BCUT2D eigenvalue weighted by Gasteiger charge is 2.08. The van der Waals surface area contributed by atoms with Gasteiger partial charge in [0.2, 0.25) is 0 Å². The van der Waals surface area contributed by atoms with Gasteiger partial charge in [0, 0.05) is 0 Å². The van der Waals surface area contributed by atoms with Crippen LogP contribution in [0.5, 0.6) is 5.75 Å². The summed E-state index contributed by atoms with van der Waals surface area (Å²) in [4.78, 5) is 0. The van der Waals surface area contributed by atoms with Gasteiger partial charge in [0.25, 0.3) is 0 Å². The lowest BCUT2D eigenvalue weighted by Crippen LogP contribution is -2.19. The fraction of sp³-hybridized carbons (Fsp3) is 0.455. The van der Waals surface area contributed by atoms with Gasteiger partial charge in [-0.25, -0.2) is 0 Å². The van der Waals surface area contributed by atoms with E-state index in [0.29, 0.717) is 15.8 Å². The van der Waals surface area contributed by atoms with E-state index in [9.17, 15) is 0 Å². The second-order valence-electron chi connectivity index (χ2n) is 3.37. The quantitative estimate of drug-likeness (QED) is 0.862. The third-order valence-electron chi connectivity index (χ3n) is 2.05. The van der Waals surface area contributed by atoms with Crippen LogP contribution in [0.3, 0.4) is 0 Å². The minimum atomic E-state index is 0.119. The van der Waals surface area contributed by atoms with Crippen molar-refractivity contribution in [2.45, 2.75) is 19.4 Å². The Hall–Kier alpha value is -0.440. The monoisotopic (exact) mass is 247 g/mol. The minimum Gasteiger partial charge on any atom is -0.489 e. The number of rotatable bonds is 5. The molecule has 2 nitrogen and oxygen atoms in total. The summed E-state index contributed by atoms with van der Waals surface area (Å²) < 4.78 is 5.67. The highest BCUT2D eigenvalue weighted by molar-refractivity contribution is 6.42. The molecule has 0 bridgehead atoms. The Morgan fingerprint density at radius 1 is 1.40 bits per heavy atom. The van der Waals surface area contributed by atoms with E-state index in [-0.39, 0.29) is 6.10 Å². The largest absolute Gasteiger partial charge is 0.489 e. The first kappa shape index (κ1) is 12.6. The molecule has 1 aromatic rings. The molecular weight excluding hydrogens is 233 g/mol. The van der Waals surface area contributed by atoms with E-state index in [2.05, 4.69) is 5.32 Å². The summed E-state index contributed by atoms with van der Waals surface area (Å²) in [5.74, 6) is 0.646. The molecule has 0 spiro atoms. The van der Waals surface area contributed by atoms with E-state index in [1.54, 1.807) is 6.07 Å². The summed E-state index contributed by atoms with van der Waals surface area (Å²) in [6, 6.07) is 5.40. The van der Waals surface area contributed by atoms with Gasteiger partial charge in [-0.1, -0.05) is 29.3 Å². The van der Waals surface area contributed by atoms with Crippen molar-refractivity contribution in [2.24, 2.45) is 0 Å². The van der Waals surface area contributed by atoms with Crippen molar-refractivity contribution in [3.05, 3.63) is 28.2 Å². The Balaban J connectivity index is 2.60. The molecule has 0 aliphatic carbocycles. The molecule has 1 rings (SSSR count). The summed E-state index contributed by atoms with van der Waals surface area (Å²) in [7, 11) is 1.92. The molecule has 0 fully saturated rings. The Kier molecular flexibility index (Phi) is 5.23. The van der Waals surface area contributed by atoms with E-state index in [4.69, 9.17) is 27.9 Å². The maximum Gasteiger partial charge on any atom is 0.139 e. The van der Waals surface area contributed by atoms with Crippen molar-refractivity contribution in [1.82, 2.24) is 5.32 Å². The Morgan fingerprint density at radius 2 is 2.13 bits per heavy atom. The summed E-state index contributed by atoms with van der Waals surface area (Å²) in [6.07, 6.45) is 1.05. The van der Waals surface area contributed by atoms with Crippen molar-refractivity contribution in [3.8, 4) is 5.75 Å². The standard InChI is InChI=1S/C11H15Cl2NO/c1-8(6-7-14-2)15-10-5-3-4-9(12)11(10)13/h3-5,8,14H,6-7H2,1-2H3. The molecule has 0 aromatic heterocycles. The summed E-state index contributed by atoms with van der Waals surface area (Å²) in [5.41, 5.74) is 0. The van der Waals surface area contributed by atoms with Crippen LogP contribution in [0.1, 0.15) is 13.3 Å². The molecule has 15 heavy (non-hydrogen) atoms. The fourth-order valence-corrected chi connectivity index (χ4v) is 1.53. The lowest BCUT2D eigenvalue weighted by molar-refractivity contribution is 0.211. The molecule has 0 saturated carbocycles. The zero-order chi connectivity index (χ0) is 11.3. The van der Waals surface area contributed by atoms with Crippen LogP contribution < -0.4 is 10.1 Å². The van der Waals surface area contributed by atoms with Crippen LogP contribution in [-0.2, 0) is 0 Å². The first-order valence-corrected chi connectivity index (χ1v) is 5.66. The molecule has 0 aliphatic heterocycles. The lowest BCUT2D eigenvalue weighted by Gasteiger charge is -2.15.